The summed E-state index contributed by atoms with van der Waals surface area (Å²) in [5.74, 6) is -0.631. The predicted molar refractivity (Wildman–Crippen MR) is 152 cm³/mol. The fourth-order valence-electron chi connectivity index (χ4n) is 4.54. The minimum Gasteiger partial charge on any atom is -0.507 e. The number of aromatic hydroxyl groups is 1. The Hall–Kier alpha value is -3.50. The predicted octanol–water partition coefficient (Wildman–Crippen LogP) is 9.35. The van der Waals surface area contributed by atoms with Crippen molar-refractivity contribution in [3.8, 4) is 5.75 Å². The minimum absolute atomic E-state index is 0.0868. The lowest BCUT2D eigenvalue weighted by atomic mass is 10.1. The van der Waals surface area contributed by atoms with Crippen LogP contribution in [0.4, 0.5) is 0 Å². The van der Waals surface area contributed by atoms with Gasteiger partial charge in [-0.25, -0.2) is 4.79 Å². The molecule has 4 aromatic carbocycles. The first-order valence-electron chi connectivity index (χ1n) is 13.2. The molecule has 3 nitrogen and oxygen atoms in total. The second kappa shape index (κ2) is 13.2. The van der Waals surface area contributed by atoms with E-state index in [0.29, 0.717) is 0 Å². The minimum atomic E-state index is -2.41. The largest absolute Gasteiger partial charge is 0.507 e. The number of hydrogen-bond acceptors (Lipinski definition) is 3. The molecule has 0 saturated heterocycles. The van der Waals surface area contributed by atoms with Crippen LogP contribution in [0.1, 0.15) is 61.4 Å². The smallest absolute Gasteiger partial charge is 0.353 e. The number of para-hydroxylation sites is 1. The van der Waals surface area contributed by atoms with Gasteiger partial charge in [0.2, 0.25) is 0 Å². The van der Waals surface area contributed by atoms with E-state index in [9.17, 15) is 9.90 Å². The Morgan fingerprint density at radius 3 is 1.76 bits per heavy atom. The molecule has 0 saturated carbocycles. The average Bonchev–Trinajstić information content (AvgIpc) is 2.95. The highest BCUT2D eigenvalue weighted by molar-refractivity contribution is 8.30. The van der Waals surface area contributed by atoms with E-state index < -0.39 is 16.3 Å². The Labute approximate surface area is 222 Å². The van der Waals surface area contributed by atoms with E-state index in [1.165, 1.54) is 50.2 Å². The summed E-state index contributed by atoms with van der Waals surface area (Å²) in [7, 11) is -2.41. The molecule has 37 heavy (non-hydrogen) atoms. The number of phenolic OH excluding ortho intramolecular Hbond substituents is 1. The van der Waals surface area contributed by atoms with Crippen LogP contribution in [0.15, 0.2) is 124 Å². The maximum absolute atomic E-state index is 13.6. The zero-order valence-electron chi connectivity index (χ0n) is 21.5. The van der Waals surface area contributed by atoms with E-state index >= 15 is 0 Å². The molecule has 4 aromatic rings. The average molecular weight is 513 g/mol. The maximum Gasteiger partial charge on any atom is 0.353 e. The van der Waals surface area contributed by atoms with Crippen molar-refractivity contribution >= 4 is 16.3 Å². The van der Waals surface area contributed by atoms with Crippen LogP contribution in [0.2, 0.25) is 0 Å². The summed E-state index contributed by atoms with van der Waals surface area (Å²) in [6, 6.07) is 35.0. The topological polar surface area (TPSA) is 46.5 Å². The van der Waals surface area contributed by atoms with Crippen molar-refractivity contribution in [3.05, 3.63) is 120 Å². The number of unbranched alkanes of at least 4 members (excludes halogenated alkanes) is 5. The summed E-state index contributed by atoms with van der Waals surface area (Å²) in [4.78, 5) is 16.4. The molecule has 0 aromatic heterocycles. The van der Waals surface area contributed by atoms with Crippen LogP contribution in [-0.2, 0) is 10.6 Å². The van der Waals surface area contributed by atoms with Crippen molar-refractivity contribution in [2.75, 3.05) is 0 Å². The van der Waals surface area contributed by atoms with Crippen LogP contribution >= 0.6 is 10.3 Å². The first kappa shape index (κ1) is 26.6. The summed E-state index contributed by atoms with van der Waals surface area (Å²) in [5.41, 5.74) is 1.45. The van der Waals surface area contributed by atoms with Gasteiger partial charge in [-0.05, 0) is 77.2 Å². The van der Waals surface area contributed by atoms with Crippen LogP contribution in [-0.4, -0.2) is 11.1 Å². The van der Waals surface area contributed by atoms with Crippen molar-refractivity contribution in [1.29, 1.82) is 0 Å². The Kier molecular flexibility index (Phi) is 9.45. The van der Waals surface area contributed by atoms with Crippen molar-refractivity contribution in [2.24, 2.45) is 0 Å². The summed E-state index contributed by atoms with van der Waals surface area (Å²) >= 11 is 0. The standard InChI is InChI=1S/C33H36O3S/c1-2-3-4-5-6-9-16-27-23-25-30(26-24-27)37(28-17-10-7-11-18-28,29-19-12-8-13-20-29)36-33(35)31-21-14-15-22-32(31)34/h7-8,10-15,17-26,34H,2-6,9,16H2,1H3. The molecule has 0 heterocycles. The summed E-state index contributed by atoms with van der Waals surface area (Å²) in [5, 5.41) is 10.4. The maximum atomic E-state index is 13.6. The second-order valence-electron chi connectivity index (χ2n) is 9.23. The van der Waals surface area contributed by atoms with Gasteiger partial charge in [-0.15, -0.1) is 0 Å². The van der Waals surface area contributed by atoms with E-state index in [0.717, 1.165) is 21.1 Å². The lowest BCUT2D eigenvalue weighted by molar-refractivity contribution is 0.0754. The van der Waals surface area contributed by atoms with Crippen LogP contribution in [0, 0.1) is 0 Å². The molecule has 0 aliphatic carbocycles. The Balaban J connectivity index is 1.71. The van der Waals surface area contributed by atoms with Crippen LogP contribution < -0.4 is 0 Å². The molecule has 0 radical (unpaired) electrons. The first-order chi connectivity index (χ1) is 18.1. The van der Waals surface area contributed by atoms with E-state index in [1.54, 1.807) is 18.2 Å². The van der Waals surface area contributed by atoms with Gasteiger partial charge in [0.25, 0.3) is 0 Å². The zero-order chi connectivity index (χ0) is 25.9. The van der Waals surface area contributed by atoms with E-state index in [2.05, 4.69) is 31.2 Å². The third-order valence-corrected chi connectivity index (χ3v) is 9.76. The number of phenols is 1. The molecule has 0 amide bonds. The summed E-state index contributed by atoms with van der Waals surface area (Å²) in [6.07, 6.45) is 8.68. The fourth-order valence-corrected chi connectivity index (χ4v) is 7.56. The number of rotatable bonds is 12. The van der Waals surface area contributed by atoms with Gasteiger partial charge in [0, 0.05) is 14.7 Å². The van der Waals surface area contributed by atoms with Crippen molar-refractivity contribution in [3.63, 3.8) is 0 Å². The van der Waals surface area contributed by atoms with Gasteiger partial charge in [0.15, 0.2) is 0 Å². The number of hydrogen-bond donors (Lipinski definition) is 1. The molecular formula is C33H36O3S. The van der Waals surface area contributed by atoms with Gasteiger partial charge in [-0.1, -0.05) is 99.7 Å². The molecule has 0 spiro atoms. The number of carbonyl (C=O) groups is 1. The van der Waals surface area contributed by atoms with E-state index in [1.807, 2.05) is 60.7 Å². The summed E-state index contributed by atoms with van der Waals surface area (Å²) < 4.78 is 6.52. The van der Waals surface area contributed by atoms with Gasteiger partial charge < -0.3 is 9.29 Å². The zero-order valence-corrected chi connectivity index (χ0v) is 22.3. The lowest BCUT2D eigenvalue weighted by Gasteiger charge is -2.39. The van der Waals surface area contributed by atoms with Gasteiger partial charge in [-0.2, -0.15) is 0 Å². The number of carbonyl (C=O) groups excluding carboxylic acids is 1. The highest BCUT2D eigenvalue weighted by Crippen LogP contribution is 2.69. The van der Waals surface area contributed by atoms with Crippen LogP contribution in [0.5, 0.6) is 5.75 Å². The molecule has 0 atom stereocenters. The van der Waals surface area contributed by atoms with E-state index in [-0.39, 0.29) is 11.3 Å². The molecule has 0 bridgehead atoms. The first-order valence-corrected chi connectivity index (χ1v) is 14.7. The van der Waals surface area contributed by atoms with Crippen LogP contribution in [0.3, 0.4) is 0 Å². The molecule has 192 valence electrons. The number of benzene rings is 4. The SMILES string of the molecule is CCCCCCCCc1ccc(S(OC(=O)c2ccccc2O)(c2ccccc2)c2ccccc2)cc1. The molecule has 0 aliphatic heterocycles. The molecule has 4 rings (SSSR count). The van der Waals surface area contributed by atoms with Crippen molar-refractivity contribution in [2.45, 2.75) is 66.6 Å². The molecular weight excluding hydrogens is 476 g/mol. The molecule has 0 unspecified atom stereocenters. The molecule has 0 aliphatic rings. The van der Waals surface area contributed by atoms with Crippen molar-refractivity contribution in [1.82, 2.24) is 0 Å². The Morgan fingerprint density at radius 2 is 1.16 bits per heavy atom. The lowest BCUT2D eigenvalue weighted by Crippen LogP contribution is -2.14. The molecule has 4 heteroatoms. The molecule has 1 N–H and O–H groups in total. The second-order valence-corrected chi connectivity index (χ2v) is 11.9. The third-order valence-electron chi connectivity index (χ3n) is 6.55. The fraction of sp³-hybridized carbons (Fsp3) is 0.242. The van der Waals surface area contributed by atoms with Gasteiger partial charge in [-0.3, -0.25) is 0 Å². The van der Waals surface area contributed by atoms with Crippen LogP contribution in [0.25, 0.3) is 0 Å². The van der Waals surface area contributed by atoms with Gasteiger partial charge >= 0.3 is 5.97 Å². The van der Waals surface area contributed by atoms with Gasteiger partial charge in [0.05, 0.1) is 0 Å². The van der Waals surface area contributed by atoms with Crippen molar-refractivity contribution < 1.29 is 14.1 Å². The third kappa shape index (κ3) is 6.44. The Morgan fingerprint density at radius 1 is 0.649 bits per heavy atom. The normalized spacial score (nSPS) is 11.7. The van der Waals surface area contributed by atoms with Gasteiger partial charge in [0.1, 0.15) is 11.3 Å². The monoisotopic (exact) mass is 512 g/mol. The molecule has 0 fully saturated rings. The Bertz CT molecular complexity index is 1210. The highest BCUT2D eigenvalue weighted by Gasteiger charge is 2.36. The number of aryl methyl sites for hydroxylation is 1. The highest BCUT2D eigenvalue weighted by atomic mass is 32.3. The summed E-state index contributed by atoms with van der Waals surface area (Å²) in [6.45, 7) is 2.24. The quantitative estimate of drug-likeness (QED) is 0.192. The van der Waals surface area contributed by atoms with E-state index in [4.69, 9.17) is 4.18 Å².